The van der Waals surface area contributed by atoms with Gasteiger partial charge in [0.05, 0.1) is 5.56 Å². The summed E-state index contributed by atoms with van der Waals surface area (Å²) in [5, 5.41) is 9.18. The maximum absolute atomic E-state index is 12.7. The predicted molar refractivity (Wildman–Crippen MR) is 115 cm³/mol. The lowest BCUT2D eigenvalue weighted by molar-refractivity contribution is -0.152. The zero-order valence-electron chi connectivity index (χ0n) is 18.5. The van der Waals surface area contributed by atoms with E-state index in [9.17, 15) is 23.1 Å². The van der Waals surface area contributed by atoms with Crippen molar-refractivity contribution < 1.29 is 27.8 Å². The predicted octanol–water partition coefficient (Wildman–Crippen LogP) is 4.65. The Hall–Kier alpha value is -2.58. The van der Waals surface area contributed by atoms with E-state index in [1.807, 2.05) is 12.1 Å². The van der Waals surface area contributed by atoms with Gasteiger partial charge in [-0.3, -0.25) is 9.80 Å². The van der Waals surface area contributed by atoms with Gasteiger partial charge in [0.2, 0.25) is 0 Å². The second-order valence-corrected chi connectivity index (χ2v) is 8.81. The van der Waals surface area contributed by atoms with Gasteiger partial charge in [0.1, 0.15) is 5.75 Å². The van der Waals surface area contributed by atoms with E-state index in [2.05, 4.69) is 16.7 Å². The molecule has 0 amide bonds. The van der Waals surface area contributed by atoms with Crippen LogP contribution in [0, 0.1) is 0 Å². The summed E-state index contributed by atoms with van der Waals surface area (Å²) in [5.41, 5.74) is 0.0643. The van der Waals surface area contributed by atoms with Gasteiger partial charge in [-0.25, -0.2) is 4.79 Å². The van der Waals surface area contributed by atoms with Crippen molar-refractivity contribution in [2.24, 2.45) is 0 Å². The molecule has 1 N–H and O–H groups in total. The van der Waals surface area contributed by atoms with Crippen LogP contribution in [0.1, 0.15) is 37.5 Å². The van der Waals surface area contributed by atoms with Crippen LogP contribution in [-0.4, -0.2) is 52.2 Å². The topological polar surface area (TPSA) is 53.0 Å². The Morgan fingerprint density at radius 1 is 1.00 bits per heavy atom. The zero-order chi connectivity index (χ0) is 23.5. The molecule has 5 nitrogen and oxygen atoms in total. The zero-order valence-corrected chi connectivity index (χ0v) is 18.5. The Kier molecular flexibility index (Phi) is 7.15. The molecule has 8 heteroatoms. The van der Waals surface area contributed by atoms with Crippen molar-refractivity contribution in [3.63, 3.8) is 0 Å². The summed E-state index contributed by atoms with van der Waals surface area (Å²) in [5.74, 6) is -0.513. The molecular formula is C24H29F3N2O3. The van der Waals surface area contributed by atoms with Gasteiger partial charge in [-0.05, 0) is 56.2 Å². The molecule has 174 valence electrons. The smallest absolute Gasteiger partial charge is 0.416 e. The second kappa shape index (κ2) is 9.50. The molecule has 0 bridgehead atoms. The van der Waals surface area contributed by atoms with Crippen LogP contribution in [0.25, 0.3) is 0 Å². The molecule has 1 heterocycles. The second-order valence-electron chi connectivity index (χ2n) is 8.81. The van der Waals surface area contributed by atoms with Crippen LogP contribution in [0.15, 0.2) is 48.5 Å². The van der Waals surface area contributed by atoms with Gasteiger partial charge in [0.25, 0.3) is 0 Å². The van der Waals surface area contributed by atoms with Crippen LogP contribution in [0.4, 0.5) is 13.2 Å². The Morgan fingerprint density at radius 2 is 1.56 bits per heavy atom. The molecule has 2 aromatic rings. The van der Waals surface area contributed by atoms with Crippen LogP contribution in [-0.2, 0) is 24.1 Å². The Morgan fingerprint density at radius 3 is 2.09 bits per heavy atom. The first-order valence-corrected chi connectivity index (χ1v) is 10.6. The average molecular weight is 451 g/mol. The Balaban J connectivity index is 1.51. The molecule has 2 aromatic carbocycles. The van der Waals surface area contributed by atoms with E-state index in [1.54, 1.807) is 24.3 Å². The van der Waals surface area contributed by atoms with Crippen molar-refractivity contribution >= 4 is 5.97 Å². The van der Waals surface area contributed by atoms with Crippen LogP contribution in [0.2, 0.25) is 0 Å². The van der Waals surface area contributed by atoms with E-state index in [0.717, 1.165) is 49.4 Å². The first-order valence-electron chi connectivity index (χ1n) is 10.6. The van der Waals surface area contributed by atoms with Gasteiger partial charge < -0.3 is 9.84 Å². The molecule has 1 aliphatic heterocycles. The van der Waals surface area contributed by atoms with Crippen LogP contribution in [0.3, 0.4) is 0 Å². The van der Waals surface area contributed by atoms with E-state index >= 15 is 0 Å². The highest BCUT2D eigenvalue weighted by Crippen LogP contribution is 2.29. The minimum Gasteiger partial charge on any atom is -0.478 e. The van der Waals surface area contributed by atoms with Gasteiger partial charge >= 0.3 is 12.1 Å². The van der Waals surface area contributed by atoms with Crippen molar-refractivity contribution in [2.75, 3.05) is 19.6 Å². The number of ether oxygens (including phenoxy) is 1. The summed E-state index contributed by atoms with van der Waals surface area (Å²) in [7, 11) is 0. The van der Waals surface area contributed by atoms with E-state index in [1.165, 1.54) is 13.8 Å². The van der Waals surface area contributed by atoms with Gasteiger partial charge in [-0.2, -0.15) is 13.2 Å². The first kappa shape index (κ1) is 24.1. The number of nitrogens with zero attached hydrogens (tertiary/aromatic N) is 2. The number of halogens is 3. The monoisotopic (exact) mass is 450 g/mol. The van der Waals surface area contributed by atoms with Crippen LogP contribution < -0.4 is 4.74 Å². The van der Waals surface area contributed by atoms with Crippen molar-refractivity contribution in [2.45, 2.75) is 51.7 Å². The molecule has 0 aliphatic carbocycles. The maximum Gasteiger partial charge on any atom is 0.416 e. The van der Waals surface area contributed by atoms with Crippen molar-refractivity contribution in [1.82, 2.24) is 9.80 Å². The SMILES string of the molecule is CC1CN(Cc2ccc(OC(C)(C)C(=O)O)cc2)CCN1Cc1ccc(C(F)(F)F)cc1. The number of alkyl halides is 3. The molecule has 1 saturated heterocycles. The maximum atomic E-state index is 12.7. The summed E-state index contributed by atoms with van der Waals surface area (Å²) in [6, 6.07) is 13.1. The first-order chi connectivity index (χ1) is 14.9. The Bertz CT molecular complexity index is 912. The minimum atomic E-state index is -4.31. The van der Waals surface area contributed by atoms with Crippen molar-refractivity contribution in [1.29, 1.82) is 0 Å². The lowest BCUT2D eigenvalue weighted by Gasteiger charge is -2.40. The number of piperazine rings is 1. The number of carboxylic acids is 1. The number of carboxylic acid groups (broad SMARTS) is 1. The molecule has 1 fully saturated rings. The molecule has 0 spiro atoms. The molecule has 1 atom stereocenters. The number of rotatable bonds is 7. The van der Waals surface area contributed by atoms with Gasteiger partial charge in [-0.1, -0.05) is 24.3 Å². The molecule has 1 unspecified atom stereocenters. The number of hydrogen-bond acceptors (Lipinski definition) is 4. The summed E-state index contributed by atoms with van der Waals surface area (Å²) < 4.78 is 43.8. The van der Waals surface area contributed by atoms with E-state index < -0.39 is 23.3 Å². The fourth-order valence-corrected chi connectivity index (χ4v) is 3.74. The third kappa shape index (κ3) is 6.23. The van der Waals surface area contributed by atoms with E-state index in [0.29, 0.717) is 12.3 Å². The van der Waals surface area contributed by atoms with Crippen LogP contribution in [0.5, 0.6) is 5.75 Å². The summed E-state index contributed by atoms with van der Waals surface area (Å²) in [6.07, 6.45) is -4.31. The highest BCUT2D eigenvalue weighted by molar-refractivity contribution is 5.76. The summed E-state index contributed by atoms with van der Waals surface area (Å²) in [4.78, 5) is 15.8. The molecule has 32 heavy (non-hydrogen) atoms. The highest BCUT2D eigenvalue weighted by Gasteiger charge is 2.31. The van der Waals surface area contributed by atoms with Crippen molar-refractivity contribution in [3.05, 3.63) is 65.2 Å². The largest absolute Gasteiger partial charge is 0.478 e. The number of carbonyl (C=O) groups is 1. The number of benzene rings is 2. The molecule has 0 saturated carbocycles. The summed E-state index contributed by atoms with van der Waals surface area (Å²) >= 11 is 0. The minimum absolute atomic E-state index is 0.269. The third-order valence-electron chi connectivity index (χ3n) is 5.73. The van der Waals surface area contributed by atoms with Gasteiger partial charge in [0, 0.05) is 38.8 Å². The van der Waals surface area contributed by atoms with Crippen LogP contribution >= 0.6 is 0 Å². The van der Waals surface area contributed by atoms with E-state index in [-0.39, 0.29) is 6.04 Å². The fourth-order valence-electron chi connectivity index (χ4n) is 3.74. The lowest BCUT2D eigenvalue weighted by Crippen LogP contribution is -2.50. The Labute approximate surface area is 186 Å². The normalized spacial score (nSPS) is 18.5. The molecule has 0 radical (unpaired) electrons. The molecule has 1 aliphatic rings. The van der Waals surface area contributed by atoms with Crippen molar-refractivity contribution in [3.8, 4) is 5.75 Å². The lowest BCUT2D eigenvalue weighted by atomic mass is 10.1. The summed E-state index contributed by atoms with van der Waals surface area (Å²) in [6.45, 7) is 9.07. The number of hydrogen-bond donors (Lipinski definition) is 1. The average Bonchev–Trinajstić information content (AvgIpc) is 2.71. The third-order valence-corrected chi connectivity index (χ3v) is 5.73. The molecular weight excluding hydrogens is 421 g/mol. The molecule has 3 rings (SSSR count). The highest BCUT2D eigenvalue weighted by atomic mass is 19.4. The number of aliphatic carboxylic acids is 1. The van der Waals surface area contributed by atoms with E-state index in [4.69, 9.17) is 4.74 Å². The van der Waals surface area contributed by atoms with Gasteiger partial charge in [-0.15, -0.1) is 0 Å². The molecule has 0 aromatic heterocycles. The quantitative estimate of drug-likeness (QED) is 0.665. The van der Waals surface area contributed by atoms with Gasteiger partial charge in [0.15, 0.2) is 5.60 Å². The fraction of sp³-hybridized carbons (Fsp3) is 0.458. The standard InChI is InChI=1S/C24H29F3N2O3/c1-17-14-28(15-18-6-10-21(11-7-18)32-23(2,3)22(30)31)12-13-29(17)16-19-4-8-20(9-5-19)24(25,26)27/h4-11,17H,12-16H2,1-3H3,(H,30,31).